The van der Waals surface area contributed by atoms with Crippen molar-refractivity contribution in [3.05, 3.63) is 52.0 Å². The molecular formula is C31H52N4S. The Morgan fingerprint density at radius 1 is 0.972 bits per heavy atom. The molecule has 0 radical (unpaired) electrons. The third kappa shape index (κ3) is 10.2. The molecule has 0 unspecified atom stereocenters. The minimum atomic E-state index is 0.667. The van der Waals surface area contributed by atoms with Crippen LogP contribution in [-0.4, -0.2) is 36.9 Å². The van der Waals surface area contributed by atoms with Crippen molar-refractivity contribution < 1.29 is 0 Å². The highest BCUT2D eigenvalue weighted by Gasteiger charge is 2.20. The Labute approximate surface area is 227 Å². The molecule has 1 aliphatic carbocycles. The Hall–Kier alpha value is -1.98. The van der Waals surface area contributed by atoms with Gasteiger partial charge >= 0.3 is 0 Å². The zero-order chi connectivity index (χ0) is 26.8. The second-order valence-electron chi connectivity index (χ2n) is 8.72. The highest BCUT2D eigenvalue weighted by atomic mass is 32.1. The summed E-state index contributed by atoms with van der Waals surface area (Å²) in [4.78, 5) is 7.50. The van der Waals surface area contributed by atoms with Crippen LogP contribution in [0.15, 0.2) is 30.3 Å². The highest BCUT2D eigenvalue weighted by Crippen LogP contribution is 2.19. The largest absolute Gasteiger partial charge is 0.371 e. The van der Waals surface area contributed by atoms with E-state index >= 15 is 0 Å². The number of nitrogens with one attached hydrogen (secondary N) is 2. The molecule has 0 spiro atoms. The molecule has 0 bridgehead atoms. The summed E-state index contributed by atoms with van der Waals surface area (Å²) >= 11 is 3.53. The number of unbranched alkanes of at least 4 members (excludes halogenated alkanes) is 1. The quantitative estimate of drug-likeness (QED) is 0.286. The van der Waals surface area contributed by atoms with Crippen LogP contribution in [0.1, 0.15) is 84.3 Å². The van der Waals surface area contributed by atoms with E-state index in [1.807, 2.05) is 27.7 Å². The Balaban J connectivity index is 0.00000101. The fourth-order valence-electron chi connectivity index (χ4n) is 4.43. The van der Waals surface area contributed by atoms with Gasteiger partial charge in [-0.15, -0.1) is 0 Å². The number of thiol groups is 1. The van der Waals surface area contributed by atoms with Crippen molar-refractivity contribution in [3.8, 4) is 0 Å². The van der Waals surface area contributed by atoms with Crippen LogP contribution in [0.4, 0.5) is 11.5 Å². The number of pyridine rings is 1. The van der Waals surface area contributed by atoms with Gasteiger partial charge < -0.3 is 15.5 Å². The van der Waals surface area contributed by atoms with Crippen molar-refractivity contribution in [1.82, 2.24) is 10.3 Å². The van der Waals surface area contributed by atoms with Crippen molar-refractivity contribution in [2.24, 2.45) is 0 Å². The molecule has 4 rings (SSSR count). The number of rotatable bonds is 8. The van der Waals surface area contributed by atoms with E-state index in [-0.39, 0.29) is 0 Å². The van der Waals surface area contributed by atoms with Crippen LogP contribution in [0.5, 0.6) is 0 Å². The van der Waals surface area contributed by atoms with E-state index in [1.54, 1.807) is 6.26 Å². The van der Waals surface area contributed by atoms with Gasteiger partial charge in [-0.1, -0.05) is 83.0 Å². The number of aromatic nitrogens is 1. The molecule has 0 saturated carbocycles. The lowest BCUT2D eigenvalue weighted by atomic mass is 10.0. The average molecular weight is 513 g/mol. The number of fused-ring (bicyclic) bond motifs is 1. The van der Waals surface area contributed by atoms with E-state index < -0.39 is 0 Å². The van der Waals surface area contributed by atoms with Crippen molar-refractivity contribution in [2.75, 3.05) is 36.1 Å². The molecule has 0 amide bonds. The molecule has 2 aliphatic rings. The van der Waals surface area contributed by atoms with Crippen LogP contribution in [0.25, 0.3) is 12.2 Å². The van der Waals surface area contributed by atoms with Gasteiger partial charge in [-0.25, -0.2) is 4.98 Å². The van der Waals surface area contributed by atoms with E-state index in [9.17, 15) is 0 Å². The molecule has 2 N–H and O–H groups in total. The topological polar surface area (TPSA) is 40.2 Å². The molecular weight excluding hydrogens is 460 g/mol. The van der Waals surface area contributed by atoms with Crippen LogP contribution in [0.3, 0.4) is 0 Å². The van der Waals surface area contributed by atoms with E-state index in [2.05, 4.69) is 84.5 Å². The van der Waals surface area contributed by atoms with Gasteiger partial charge in [-0.3, -0.25) is 0 Å². The predicted molar refractivity (Wildman–Crippen MR) is 166 cm³/mol. The fraction of sp³-hybridized carbons (Fsp3) is 0.581. The average Bonchev–Trinajstić information content (AvgIpc) is 2.96. The third-order valence-electron chi connectivity index (χ3n) is 6.31. The summed E-state index contributed by atoms with van der Waals surface area (Å²) in [5.74, 6) is 0.985. The van der Waals surface area contributed by atoms with Gasteiger partial charge in [0.15, 0.2) is 0 Å². The second kappa shape index (κ2) is 19.2. The monoisotopic (exact) mass is 512 g/mol. The first-order chi connectivity index (χ1) is 17.7. The second-order valence-corrected chi connectivity index (χ2v) is 8.72. The zero-order valence-electron chi connectivity index (χ0n) is 24.0. The van der Waals surface area contributed by atoms with Crippen LogP contribution in [0, 0.1) is 6.92 Å². The predicted octanol–water partition coefficient (Wildman–Crippen LogP) is 6.31. The zero-order valence-corrected chi connectivity index (χ0v) is 24.9. The fourth-order valence-corrected chi connectivity index (χ4v) is 4.43. The summed E-state index contributed by atoms with van der Waals surface area (Å²) in [6.07, 6.45) is 13.6. The maximum atomic E-state index is 4.93. The van der Waals surface area contributed by atoms with Crippen LogP contribution in [0.2, 0.25) is 0 Å². The Morgan fingerprint density at radius 3 is 2.25 bits per heavy atom. The summed E-state index contributed by atoms with van der Waals surface area (Å²) in [6.45, 7) is 16.6. The van der Waals surface area contributed by atoms with Crippen molar-refractivity contribution >= 4 is 36.3 Å². The van der Waals surface area contributed by atoms with Gasteiger partial charge in [0.2, 0.25) is 0 Å². The molecule has 2 heterocycles. The minimum Gasteiger partial charge on any atom is -0.371 e. The third-order valence-corrected chi connectivity index (χ3v) is 6.31. The summed E-state index contributed by atoms with van der Waals surface area (Å²) in [6, 6.07) is 11.7. The number of anilines is 2. The SMILES string of the molecule is CC.CC.CCCCNC1CCN(c2cc(NCc3ccc(C)cc3)nc3c2=CCCC=3)CC1.CS. The first-order valence-electron chi connectivity index (χ1n) is 14.2. The van der Waals surface area contributed by atoms with E-state index in [0.29, 0.717) is 6.04 Å². The summed E-state index contributed by atoms with van der Waals surface area (Å²) < 4.78 is 0. The van der Waals surface area contributed by atoms with Crippen molar-refractivity contribution in [1.29, 1.82) is 0 Å². The molecule has 36 heavy (non-hydrogen) atoms. The smallest absolute Gasteiger partial charge is 0.128 e. The van der Waals surface area contributed by atoms with Crippen LogP contribution >= 0.6 is 12.6 Å². The molecule has 202 valence electrons. The van der Waals surface area contributed by atoms with E-state index in [0.717, 1.165) is 50.2 Å². The molecule has 1 fully saturated rings. The lowest BCUT2D eigenvalue weighted by Gasteiger charge is -2.34. The maximum absolute atomic E-state index is 4.93. The normalized spacial score (nSPS) is 14.3. The number of nitrogens with zero attached hydrogens (tertiary/aromatic N) is 2. The first kappa shape index (κ1) is 32.0. The van der Waals surface area contributed by atoms with Gasteiger partial charge in [0, 0.05) is 42.6 Å². The van der Waals surface area contributed by atoms with Gasteiger partial charge in [-0.05, 0) is 57.4 Å². The molecule has 4 nitrogen and oxygen atoms in total. The summed E-state index contributed by atoms with van der Waals surface area (Å²) in [5.41, 5.74) is 3.94. The molecule has 1 aliphatic heterocycles. The Bertz CT molecular complexity index is 948. The first-order valence-corrected chi connectivity index (χ1v) is 15.1. The summed E-state index contributed by atoms with van der Waals surface area (Å²) in [5, 5.41) is 9.79. The summed E-state index contributed by atoms with van der Waals surface area (Å²) in [7, 11) is 0. The lowest BCUT2D eigenvalue weighted by molar-refractivity contribution is 0.412. The van der Waals surface area contributed by atoms with Gasteiger partial charge in [0.1, 0.15) is 5.82 Å². The Morgan fingerprint density at radius 2 is 1.61 bits per heavy atom. The number of piperidine rings is 1. The number of hydrogen-bond donors (Lipinski definition) is 3. The Kier molecular flexibility index (Phi) is 17.1. The standard InChI is InChI=1S/C26H36N4.2C2H6.CH4S/c1-3-4-15-27-22-13-16-30(17-14-22)25-18-26(29-24-8-6-5-7-23(24)25)28-19-21-11-9-20(2)10-12-21;3*1-2/h7-12,18,22,27H,3-6,13-17,19H2,1-2H3,(H,28,29);2*1-2H3;2H,1H3. The van der Waals surface area contributed by atoms with Gasteiger partial charge in [0.05, 0.1) is 5.35 Å². The van der Waals surface area contributed by atoms with Crippen LogP contribution in [-0.2, 0) is 6.54 Å². The van der Waals surface area contributed by atoms with E-state index in [1.165, 1.54) is 47.7 Å². The molecule has 2 aromatic rings. The number of hydrogen-bond acceptors (Lipinski definition) is 5. The van der Waals surface area contributed by atoms with Gasteiger partial charge in [-0.2, -0.15) is 12.6 Å². The minimum absolute atomic E-state index is 0.667. The van der Waals surface area contributed by atoms with Crippen molar-refractivity contribution in [2.45, 2.75) is 92.7 Å². The van der Waals surface area contributed by atoms with E-state index in [4.69, 9.17) is 4.98 Å². The molecule has 1 saturated heterocycles. The molecule has 1 aromatic heterocycles. The number of benzene rings is 1. The maximum Gasteiger partial charge on any atom is 0.128 e. The number of aryl methyl sites for hydroxylation is 1. The van der Waals surface area contributed by atoms with Crippen molar-refractivity contribution in [3.63, 3.8) is 0 Å². The van der Waals surface area contributed by atoms with Crippen LogP contribution < -0.4 is 26.1 Å². The molecule has 0 atom stereocenters. The molecule has 5 heteroatoms. The van der Waals surface area contributed by atoms with Gasteiger partial charge in [0.25, 0.3) is 0 Å². The lowest BCUT2D eigenvalue weighted by Crippen LogP contribution is -2.46. The molecule has 1 aromatic carbocycles. The highest BCUT2D eigenvalue weighted by molar-refractivity contribution is 7.79.